The van der Waals surface area contributed by atoms with E-state index in [-0.39, 0.29) is 17.6 Å². The standard InChI is InChI=1S/C16H16ClN3O2S2/c17-10-1-3-11(4-2-10)19-15(22)9-24-16-20-13(8-23-16)7-14(21)18-12-5-6-12/h1-4,8,12H,5-7,9H2,(H,18,21)(H,19,22). The molecule has 24 heavy (non-hydrogen) atoms. The first kappa shape index (κ1) is 17.3. The van der Waals surface area contributed by atoms with Crippen LogP contribution in [0.4, 0.5) is 5.69 Å². The molecule has 8 heteroatoms. The molecule has 126 valence electrons. The maximum atomic E-state index is 11.9. The Morgan fingerprint density at radius 3 is 2.71 bits per heavy atom. The second-order valence-electron chi connectivity index (χ2n) is 5.47. The average molecular weight is 382 g/mol. The summed E-state index contributed by atoms with van der Waals surface area (Å²) in [6, 6.07) is 7.32. The molecule has 1 fully saturated rings. The van der Waals surface area contributed by atoms with Gasteiger partial charge >= 0.3 is 0 Å². The third-order valence-electron chi connectivity index (χ3n) is 3.27. The third-order valence-corrected chi connectivity index (χ3v) is 5.59. The Hall–Kier alpha value is -1.57. The topological polar surface area (TPSA) is 71.1 Å². The van der Waals surface area contributed by atoms with Gasteiger partial charge in [0, 0.05) is 22.1 Å². The van der Waals surface area contributed by atoms with E-state index in [2.05, 4.69) is 15.6 Å². The smallest absolute Gasteiger partial charge is 0.234 e. The van der Waals surface area contributed by atoms with Crippen molar-refractivity contribution in [1.29, 1.82) is 0 Å². The Kier molecular flexibility index (Phi) is 5.76. The Morgan fingerprint density at radius 1 is 1.25 bits per heavy atom. The highest BCUT2D eigenvalue weighted by Gasteiger charge is 2.23. The SMILES string of the molecule is O=C(CSc1nc(CC(=O)NC2CC2)cs1)Nc1ccc(Cl)cc1. The number of aromatic nitrogens is 1. The summed E-state index contributed by atoms with van der Waals surface area (Å²) in [6.07, 6.45) is 2.45. The molecule has 0 aliphatic heterocycles. The van der Waals surface area contributed by atoms with Crippen LogP contribution in [0.2, 0.25) is 5.02 Å². The lowest BCUT2D eigenvalue weighted by Crippen LogP contribution is -2.27. The van der Waals surface area contributed by atoms with Crippen LogP contribution in [0.15, 0.2) is 34.0 Å². The molecular formula is C16H16ClN3O2S2. The van der Waals surface area contributed by atoms with E-state index in [0.717, 1.165) is 22.9 Å². The predicted molar refractivity (Wildman–Crippen MR) is 97.8 cm³/mol. The number of amides is 2. The van der Waals surface area contributed by atoms with E-state index in [1.54, 1.807) is 24.3 Å². The molecule has 0 radical (unpaired) electrons. The van der Waals surface area contributed by atoms with Crippen molar-refractivity contribution in [2.24, 2.45) is 0 Å². The quantitative estimate of drug-likeness (QED) is 0.721. The summed E-state index contributed by atoms with van der Waals surface area (Å²) in [4.78, 5) is 28.1. The highest BCUT2D eigenvalue weighted by molar-refractivity contribution is 8.01. The minimum Gasteiger partial charge on any atom is -0.353 e. The Balaban J connectivity index is 1.43. The summed E-state index contributed by atoms with van der Waals surface area (Å²) in [5, 5.41) is 8.23. The van der Waals surface area contributed by atoms with E-state index in [1.165, 1.54) is 23.1 Å². The van der Waals surface area contributed by atoms with Crippen molar-refractivity contribution in [3.05, 3.63) is 40.4 Å². The highest BCUT2D eigenvalue weighted by Crippen LogP contribution is 2.24. The van der Waals surface area contributed by atoms with Crippen LogP contribution < -0.4 is 10.6 Å². The van der Waals surface area contributed by atoms with Gasteiger partial charge in [0.05, 0.1) is 17.9 Å². The van der Waals surface area contributed by atoms with Crippen LogP contribution in [0.25, 0.3) is 0 Å². The first-order valence-electron chi connectivity index (χ1n) is 7.50. The first-order chi connectivity index (χ1) is 11.6. The van der Waals surface area contributed by atoms with E-state index in [0.29, 0.717) is 23.2 Å². The van der Waals surface area contributed by atoms with Gasteiger partial charge in [0.1, 0.15) is 0 Å². The van der Waals surface area contributed by atoms with Crippen LogP contribution in [0, 0.1) is 0 Å². The summed E-state index contributed by atoms with van der Waals surface area (Å²) < 4.78 is 0.787. The number of hydrogen-bond acceptors (Lipinski definition) is 5. The third kappa shape index (κ3) is 5.51. The van der Waals surface area contributed by atoms with Crippen LogP contribution in [0.5, 0.6) is 0 Å². The lowest BCUT2D eigenvalue weighted by atomic mass is 10.3. The average Bonchev–Trinajstić information content (AvgIpc) is 3.24. The maximum absolute atomic E-state index is 11.9. The number of benzene rings is 1. The molecule has 2 aromatic rings. The molecule has 1 aromatic heterocycles. The molecule has 0 spiro atoms. The highest BCUT2D eigenvalue weighted by atomic mass is 35.5. The zero-order valence-electron chi connectivity index (χ0n) is 12.8. The van der Waals surface area contributed by atoms with E-state index in [1.807, 2.05) is 5.38 Å². The molecule has 2 amide bonds. The molecule has 0 unspecified atom stereocenters. The van der Waals surface area contributed by atoms with E-state index < -0.39 is 0 Å². The molecule has 1 aliphatic rings. The molecule has 1 aliphatic carbocycles. The van der Waals surface area contributed by atoms with Gasteiger partial charge in [-0.3, -0.25) is 9.59 Å². The van der Waals surface area contributed by atoms with Crippen molar-refractivity contribution in [2.45, 2.75) is 29.6 Å². The van der Waals surface area contributed by atoms with Gasteiger partial charge < -0.3 is 10.6 Å². The molecule has 0 saturated heterocycles. The molecule has 2 N–H and O–H groups in total. The van der Waals surface area contributed by atoms with Gasteiger partial charge in [-0.25, -0.2) is 4.98 Å². The fourth-order valence-electron chi connectivity index (χ4n) is 1.96. The summed E-state index contributed by atoms with van der Waals surface area (Å²) in [6.45, 7) is 0. The van der Waals surface area contributed by atoms with Crippen molar-refractivity contribution in [3.8, 4) is 0 Å². The molecule has 1 heterocycles. The van der Waals surface area contributed by atoms with Gasteiger partial charge in [-0.2, -0.15) is 0 Å². The number of carbonyl (C=O) groups excluding carboxylic acids is 2. The lowest BCUT2D eigenvalue weighted by molar-refractivity contribution is -0.120. The summed E-state index contributed by atoms with van der Waals surface area (Å²) in [5.41, 5.74) is 1.46. The second-order valence-corrected chi connectivity index (χ2v) is 7.98. The van der Waals surface area contributed by atoms with Gasteiger partial charge in [-0.15, -0.1) is 11.3 Å². The van der Waals surface area contributed by atoms with Gasteiger partial charge in [0.15, 0.2) is 4.34 Å². The summed E-state index contributed by atoms with van der Waals surface area (Å²) in [7, 11) is 0. The summed E-state index contributed by atoms with van der Waals surface area (Å²) in [5.74, 6) is 0.175. The maximum Gasteiger partial charge on any atom is 0.234 e. The lowest BCUT2D eigenvalue weighted by Gasteiger charge is -2.04. The molecular weight excluding hydrogens is 366 g/mol. The van der Waals surface area contributed by atoms with Gasteiger partial charge in [-0.1, -0.05) is 23.4 Å². The fourth-order valence-corrected chi connectivity index (χ4v) is 3.73. The second kappa shape index (κ2) is 8.00. The Morgan fingerprint density at radius 2 is 2.00 bits per heavy atom. The van der Waals surface area contributed by atoms with Crippen LogP contribution in [0.3, 0.4) is 0 Å². The van der Waals surface area contributed by atoms with Crippen molar-refractivity contribution in [2.75, 3.05) is 11.1 Å². The van der Waals surface area contributed by atoms with Crippen molar-refractivity contribution in [3.63, 3.8) is 0 Å². The largest absolute Gasteiger partial charge is 0.353 e. The van der Waals surface area contributed by atoms with Gasteiger partial charge in [0.2, 0.25) is 11.8 Å². The normalized spacial score (nSPS) is 13.5. The van der Waals surface area contributed by atoms with Crippen molar-refractivity contribution in [1.82, 2.24) is 10.3 Å². The van der Waals surface area contributed by atoms with E-state index in [9.17, 15) is 9.59 Å². The minimum absolute atomic E-state index is 0.0137. The van der Waals surface area contributed by atoms with Crippen molar-refractivity contribution < 1.29 is 9.59 Å². The number of hydrogen-bond donors (Lipinski definition) is 2. The minimum atomic E-state index is -0.106. The molecule has 1 aromatic carbocycles. The van der Waals surface area contributed by atoms with E-state index in [4.69, 9.17) is 11.6 Å². The monoisotopic (exact) mass is 381 g/mol. The Bertz CT molecular complexity index is 729. The van der Waals surface area contributed by atoms with Crippen LogP contribution in [-0.4, -0.2) is 28.6 Å². The number of thioether (sulfide) groups is 1. The van der Waals surface area contributed by atoms with Crippen molar-refractivity contribution >= 4 is 52.2 Å². The predicted octanol–water partition coefficient (Wildman–Crippen LogP) is 3.35. The molecule has 3 rings (SSSR count). The number of halogens is 1. The Labute approximate surface area is 153 Å². The number of carbonyl (C=O) groups is 2. The number of rotatable bonds is 7. The molecule has 1 saturated carbocycles. The zero-order chi connectivity index (χ0) is 16.9. The fraction of sp³-hybridized carbons (Fsp3) is 0.312. The number of nitrogens with zero attached hydrogens (tertiary/aromatic N) is 1. The number of anilines is 1. The van der Waals surface area contributed by atoms with Crippen LogP contribution in [-0.2, 0) is 16.0 Å². The zero-order valence-corrected chi connectivity index (χ0v) is 15.1. The number of thiazole rings is 1. The van der Waals surface area contributed by atoms with Crippen LogP contribution in [0.1, 0.15) is 18.5 Å². The summed E-state index contributed by atoms with van der Waals surface area (Å²) >= 11 is 8.62. The molecule has 0 bridgehead atoms. The van der Waals surface area contributed by atoms with Gasteiger partial charge in [-0.05, 0) is 37.1 Å². The first-order valence-corrected chi connectivity index (χ1v) is 9.75. The van der Waals surface area contributed by atoms with E-state index >= 15 is 0 Å². The van der Waals surface area contributed by atoms with Crippen LogP contribution >= 0.6 is 34.7 Å². The molecule has 0 atom stereocenters. The number of nitrogens with one attached hydrogen (secondary N) is 2. The van der Waals surface area contributed by atoms with Gasteiger partial charge in [0.25, 0.3) is 0 Å². The molecule has 5 nitrogen and oxygen atoms in total.